The summed E-state index contributed by atoms with van der Waals surface area (Å²) in [5.41, 5.74) is 3.23. The maximum atomic E-state index is 10.9. The molecule has 17 heavy (non-hydrogen) atoms. The maximum absolute atomic E-state index is 10.9. The van der Waals surface area contributed by atoms with Crippen molar-refractivity contribution in [2.45, 2.75) is 39.0 Å². The Morgan fingerprint density at radius 1 is 1.18 bits per heavy atom. The molecule has 2 nitrogen and oxygen atoms in total. The van der Waals surface area contributed by atoms with Gasteiger partial charge in [-0.2, -0.15) is 0 Å². The smallest absolute Gasteiger partial charge is 0.150 e. The highest BCUT2D eigenvalue weighted by molar-refractivity contribution is 5.98. The Labute approximate surface area is 102 Å². The zero-order valence-corrected chi connectivity index (χ0v) is 10.3. The van der Waals surface area contributed by atoms with E-state index >= 15 is 0 Å². The number of aryl methyl sites for hydroxylation is 1. The zero-order valence-electron chi connectivity index (χ0n) is 10.3. The molecule has 0 saturated heterocycles. The summed E-state index contributed by atoms with van der Waals surface area (Å²) in [7, 11) is 0. The van der Waals surface area contributed by atoms with Crippen molar-refractivity contribution in [3.05, 3.63) is 35.5 Å². The molecular formula is C15H19NO. The van der Waals surface area contributed by atoms with Crippen LogP contribution in [-0.2, 0) is 6.42 Å². The van der Waals surface area contributed by atoms with Gasteiger partial charge in [0.05, 0.1) is 0 Å². The van der Waals surface area contributed by atoms with Crippen LogP contribution in [0, 0.1) is 0 Å². The normalized spacial score (nSPS) is 10.9. The van der Waals surface area contributed by atoms with Crippen LogP contribution in [0.3, 0.4) is 0 Å². The summed E-state index contributed by atoms with van der Waals surface area (Å²) in [6, 6.07) is 5.99. The third-order valence-corrected chi connectivity index (χ3v) is 3.27. The first-order valence-electron chi connectivity index (χ1n) is 6.41. The van der Waals surface area contributed by atoms with Gasteiger partial charge in [-0.15, -0.1) is 0 Å². The standard InChI is InChI=1S/C15H19NO/c1-2-3-4-5-6-12-7-8-13(11-17)14-9-10-16-15(12)14/h7-11,16H,2-6H2,1H3. The fourth-order valence-electron chi connectivity index (χ4n) is 2.29. The molecule has 0 aliphatic carbocycles. The molecule has 0 saturated carbocycles. The first kappa shape index (κ1) is 11.9. The lowest BCUT2D eigenvalue weighted by Gasteiger charge is -2.04. The molecule has 0 spiro atoms. The summed E-state index contributed by atoms with van der Waals surface area (Å²) >= 11 is 0. The third kappa shape index (κ3) is 2.57. The number of carbonyl (C=O) groups excluding carboxylic acids is 1. The molecule has 1 N–H and O–H groups in total. The number of hydrogen-bond acceptors (Lipinski definition) is 1. The molecule has 1 aromatic heterocycles. The molecule has 1 heterocycles. The van der Waals surface area contributed by atoms with Crippen molar-refractivity contribution in [3.63, 3.8) is 0 Å². The van der Waals surface area contributed by atoms with Gasteiger partial charge in [-0.3, -0.25) is 4.79 Å². The number of hydrogen-bond donors (Lipinski definition) is 1. The number of rotatable bonds is 6. The van der Waals surface area contributed by atoms with Gasteiger partial charge in [-0.25, -0.2) is 0 Å². The molecule has 0 unspecified atom stereocenters. The van der Waals surface area contributed by atoms with E-state index in [0.717, 1.165) is 29.2 Å². The van der Waals surface area contributed by atoms with E-state index in [1.54, 1.807) is 0 Å². The van der Waals surface area contributed by atoms with Crippen molar-refractivity contribution in [1.82, 2.24) is 4.98 Å². The Morgan fingerprint density at radius 2 is 2.06 bits per heavy atom. The van der Waals surface area contributed by atoms with E-state index in [0.29, 0.717) is 0 Å². The second kappa shape index (κ2) is 5.67. The van der Waals surface area contributed by atoms with E-state index in [9.17, 15) is 4.79 Å². The molecule has 0 aliphatic heterocycles. The highest BCUT2D eigenvalue weighted by Gasteiger charge is 2.06. The average Bonchev–Trinajstić information content (AvgIpc) is 2.84. The minimum absolute atomic E-state index is 0.776. The van der Waals surface area contributed by atoms with Gasteiger partial charge in [-0.1, -0.05) is 38.3 Å². The van der Waals surface area contributed by atoms with Crippen LogP contribution >= 0.6 is 0 Å². The topological polar surface area (TPSA) is 32.9 Å². The maximum Gasteiger partial charge on any atom is 0.150 e. The highest BCUT2D eigenvalue weighted by Crippen LogP contribution is 2.22. The molecule has 0 amide bonds. The number of fused-ring (bicyclic) bond motifs is 1. The fourth-order valence-corrected chi connectivity index (χ4v) is 2.29. The fraction of sp³-hybridized carbons (Fsp3) is 0.400. The van der Waals surface area contributed by atoms with Crippen LogP contribution in [0.5, 0.6) is 0 Å². The second-order valence-corrected chi connectivity index (χ2v) is 4.51. The van der Waals surface area contributed by atoms with Gasteiger partial charge in [0, 0.05) is 22.7 Å². The first-order chi connectivity index (χ1) is 8.36. The number of benzene rings is 1. The molecule has 0 bridgehead atoms. The van der Waals surface area contributed by atoms with Crippen LogP contribution in [0.4, 0.5) is 0 Å². The van der Waals surface area contributed by atoms with E-state index in [1.165, 1.54) is 31.2 Å². The predicted molar refractivity (Wildman–Crippen MR) is 71.5 cm³/mol. The molecule has 0 radical (unpaired) electrons. The molecule has 2 aromatic rings. The molecule has 0 aliphatic rings. The van der Waals surface area contributed by atoms with Gasteiger partial charge in [0.2, 0.25) is 0 Å². The second-order valence-electron chi connectivity index (χ2n) is 4.51. The van der Waals surface area contributed by atoms with Crippen molar-refractivity contribution in [3.8, 4) is 0 Å². The predicted octanol–water partition coefficient (Wildman–Crippen LogP) is 4.10. The van der Waals surface area contributed by atoms with Crippen LogP contribution in [0.2, 0.25) is 0 Å². The average molecular weight is 229 g/mol. The summed E-state index contributed by atoms with van der Waals surface area (Å²) in [6.45, 7) is 2.22. The molecule has 2 heteroatoms. The monoisotopic (exact) mass is 229 g/mol. The van der Waals surface area contributed by atoms with Gasteiger partial charge in [0.15, 0.2) is 6.29 Å². The van der Waals surface area contributed by atoms with Crippen LogP contribution < -0.4 is 0 Å². The lowest BCUT2D eigenvalue weighted by molar-refractivity contribution is 0.112. The van der Waals surface area contributed by atoms with Crippen LogP contribution in [0.15, 0.2) is 24.4 Å². The van der Waals surface area contributed by atoms with Crippen molar-refractivity contribution >= 4 is 17.2 Å². The van der Waals surface area contributed by atoms with Gasteiger partial charge in [-0.05, 0) is 24.5 Å². The summed E-state index contributed by atoms with van der Waals surface area (Å²) in [6.07, 6.45) is 9.01. The number of nitrogens with one attached hydrogen (secondary N) is 1. The lowest BCUT2D eigenvalue weighted by Crippen LogP contribution is -1.90. The molecule has 90 valence electrons. The van der Waals surface area contributed by atoms with E-state index < -0.39 is 0 Å². The molecule has 0 atom stereocenters. The van der Waals surface area contributed by atoms with Gasteiger partial charge in [0.1, 0.15) is 0 Å². The number of aldehydes is 1. The van der Waals surface area contributed by atoms with E-state index in [4.69, 9.17) is 0 Å². The lowest BCUT2D eigenvalue weighted by atomic mass is 10.0. The summed E-state index contributed by atoms with van der Waals surface area (Å²) < 4.78 is 0. The molecular weight excluding hydrogens is 210 g/mol. The van der Waals surface area contributed by atoms with Gasteiger partial charge in [0.25, 0.3) is 0 Å². The zero-order chi connectivity index (χ0) is 12.1. The number of aromatic amines is 1. The minimum Gasteiger partial charge on any atom is -0.361 e. The Morgan fingerprint density at radius 3 is 2.82 bits per heavy atom. The molecule has 1 aromatic carbocycles. The SMILES string of the molecule is CCCCCCc1ccc(C=O)c2cc[nH]c12. The Hall–Kier alpha value is -1.57. The van der Waals surface area contributed by atoms with Crippen molar-refractivity contribution in [2.75, 3.05) is 0 Å². The van der Waals surface area contributed by atoms with Crippen molar-refractivity contribution in [1.29, 1.82) is 0 Å². The first-order valence-corrected chi connectivity index (χ1v) is 6.41. The quantitative estimate of drug-likeness (QED) is 0.587. The third-order valence-electron chi connectivity index (χ3n) is 3.27. The van der Waals surface area contributed by atoms with Crippen molar-refractivity contribution in [2.24, 2.45) is 0 Å². The Kier molecular flexibility index (Phi) is 3.97. The number of H-pyrrole nitrogens is 1. The Balaban J connectivity index is 2.17. The number of carbonyl (C=O) groups is 1. The molecule has 2 rings (SSSR count). The van der Waals surface area contributed by atoms with E-state index in [1.807, 2.05) is 18.3 Å². The molecule has 0 fully saturated rings. The largest absolute Gasteiger partial charge is 0.361 e. The van der Waals surface area contributed by atoms with E-state index in [-0.39, 0.29) is 0 Å². The number of aromatic nitrogens is 1. The summed E-state index contributed by atoms with van der Waals surface area (Å²) in [5.74, 6) is 0. The summed E-state index contributed by atoms with van der Waals surface area (Å²) in [4.78, 5) is 14.2. The number of unbranched alkanes of at least 4 members (excludes halogenated alkanes) is 3. The minimum atomic E-state index is 0.776. The van der Waals surface area contributed by atoms with Crippen LogP contribution in [0.1, 0.15) is 48.5 Å². The Bertz CT molecular complexity index is 499. The van der Waals surface area contributed by atoms with Crippen molar-refractivity contribution < 1.29 is 4.79 Å². The van der Waals surface area contributed by atoms with Gasteiger partial charge < -0.3 is 4.98 Å². The summed E-state index contributed by atoms with van der Waals surface area (Å²) in [5, 5.41) is 1.05. The highest BCUT2D eigenvalue weighted by atomic mass is 16.1. The van der Waals surface area contributed by atoms with Crippen LogP contribution in [-0.4, -0.2) is 11.3 Å². The van der Waals surface area contributed by atoms with Crippen LogP contribution in [0.25, 0.3) is 10.9 Å². The van der Waals surface area contributed by atoms with Gasteiger partial charge >= 0.3 is 0 Å². The van der Waals surface area contributed by atoms with E-state index in [2.05, 4.69) is 18.0 Å².